The molecule has 1 aromatic heterocycles. The molecule has 3 aromatic carbocycles. The highest BCUT2D eigenvalue weighted by molar-refractivity contribution is 7.99. The normalized spacial score (nSPS) is 20.9. The van der Waals surface area contributed by atoms with E-state index in [0.29, 0.717) is 34.6 Å². The van der Waals surface area contributed by atoms with E-state index in [1.807, 2.05) is 41.9 Å². The number of thioether (sulfide) groups is 1. The number of carbonyl (C=O) groups is 2. The fourth-order valence-electron chi connectivity index (χ4n) is 4.83. The predicted octanol–water partition coefficient (Wildman–Crippen LogP) is 4.45. The van der Waals surface area contributed by atoms with Crippen molar-refractivity contribution in [2.75, 3.05) is 10.7 Å². The molecule has 6 rings (SSSR count). The quantitative estimate of drug-likeness (QED) is 0.270. The number of aryl methyl sites for hydroxylation is 1. The Morgan fingerprint density at radius 1 is 0.949 bits per heavy atom. The molecule has 4 aromatic rings. The molecule has 10 heteroatoms. The number of aliphatic hydroxyl groups is 1. The van der Waals surface area contributed by atoms with Crippen LogP contribution in [0.3, 0.4) is 0 Å². The van der Waals surface area contributed by atoms with E-state index in [0.717, 1.165) is 16.3 Å². The Morgan fingerprint density at radius 3 is 2.36 bits per heavy atom. The van der Waals surface area contributed by atoms with Crippen LogP contribution < -0.4 is 4.90 Å². The summed E-state index contributed by atoms with van der Waals surface area (Å²) in [5, 5.41) is 18.3. The maximum atomic E-state index is 13.1. The summed E-state index contributed by atoms with van der Waals surface area (Å²) in [4.78, 5) is 27.3. The molecule has 2 amide bonds. The highest BCUT2D eigenvalue weighted by Gasteiger charge is 2.37. The van der Waals surface area contributed by atoms with E-state index in [1.54, 1.807) is 60.6 Å². The van der Waals surface area contributed by atoms with E-state index in [4.69, 9.17) is 9.47 Å². The third-order valence-corrected chi connectivity index (χ3v) is 8.04. The molecule has 2 aliphatic heterocycles. The van der Waals surface area contributed by atoms with Gasteiger partial charge < -0.3 is 19.1 Å². The van der Waals surface area contributed by atoms with Crippen LogP contribution in [0.25, 0.3) is 0 Å². The molecule has 1 saturated heterocycles. The number of fused-ring (bicyclic) bond motifs is 1. The number of amides is 2. The van der Waals surface area contributed by atoms with E-state index in [9.17, 15) is 14.7 Å². The fraction of sp³-hybridized carbons (Fsp3) is 0.241. The lowest BCUT2D eigenvalue weighted by Crippen LogP contribution is -2.32. The Kier molecular flexibility index (Phi) is 7.01. The Labute approximate surface area is 229 Å². The number of aromatic nitrogens is 3. The zero-order valence-corrected chi connectivity index (χ0v) is 22.0. The van der Waals surface area contributed by atoms with E-state index >= 15 is 0 Å². The Morgan fingerprint density at radius 2 is 1.69 bits per heavy atom. The zero-order valence-electron chi connectivity index (χ0n) is 21.1. The molecular formula is C29H26N4O5S. The molecule has 1 fully saturated rings. The smallest absolute Gasteiger partial charge is 0.266 e. The van der Waals surface area contributed by atoms with Crippen LogP contribution in [-0.2, 0) is 23.1 Å². The number of anilines is 1. The maximum absolute atomic E-state index is 13.1. The fourth-order valence-corrected chi connectivity index (χ4v) is 5.73. The molecule has 3 heterocycles. The molecule has 39 heavy (non-hydrogen) atoms. The van der Waals surface area contributed by atoms with Crippen LogP contribution >= 0.6 is 11.8 Å². The van der Waals surface area contributed by atoms with E-state index in [2.05, 4.69) is 10.2 Å². The highest BCUT2D eigenvalue weighted by atomic mass is 32.2. The van der Waals surface area contributed by atoms with Gasteiger partial charge in [-0.15, -0.1) is 10.2 Å². The second-order valence-corrected chi connectivity index (χ2v) is 10.5. The molecule has 0 bridgehead atoms. The van der Waals surface area contributed by atoms with Crippen molar-refractivity contribution in [1.82, 2.24) is 14.8 Å². The molecule has 0 aliphatic carbocycles. The van der Waals surface area contributed by atoms with Crippen LogP contribution in [0.1, 0.15) is 56.2 Å². The molecule has 3 unspecified atom stereocenters. The third-order valence-electron chi connectivity index (χ3n) is 6.88. The largest absolute Gasteiger partial charge is 0.392 e. The summed E-state index contributed by atoms with van der Waals surface area (Å²) in [6.45, 7) is -0.0287. The van der Waals surface area contributed by atoms with Gasteiger partial charge in [-0.25, -0.2) is 4.90 Å². The van der Waals surface area contributed by atoms with Gasteiger partial charge >= 0.3 is 0 Å². The van der Waals surface area contributed by atoms with Crippen molar-refractivity contribution in [1.29, 1.82) is 0 Å². The summed E-state index contributed by atoms with van der Waals surface area (Å²) in [5.74, 6) is -0.0634. The number of hydrogen-bond acceptors (Lipinski definition) is 8. The first-order chi connectivity index (χ1) is 19.0. The number of benzene rings is 3. The number of hydrogen-bond donors (Lipinski definition) is 1. The molecule has 0 saturated carbocycles. The van der Waals surface area contributed by atoms with Crippen LogP contribution in [0, 0.1) is 0 Å². The van der Waals surface area contributed by atoms with Crippen molar-refractivity contribution in [3.05, 3.63) is 107 Å². The van der Waals surface area contributed by atoms with E-state index in [-0.39, 0.29) is 30.6 Å². The van der Waals surface area contributed by atoms with Crippen molar-refractivity contribution in [3.63, 3.8) is 0 Å². The van der Waals surface area contributed by atoms with Crippen molar-refractivity contribution in [3.8, 4) is 0 Å². The van der Waals surface area contributed by atoms with Crippen molar-refractivity contribution in [2.24, 2.45) is 7.05 Å². The highest BCUT2D eigenvalue weighted by Crippen LogP contribution is 2.40. The van der Waals surface area contributed by atoms with E-state index < -0.39 is 6.29 Å². The summed E-state index contributed by atoms with van der Waals surface area (Å²) >= 11 is 1.56. The molecule has 0 radical (unpaired) electrons. The Balaban J connectivity index is 1.28. The van der Waals surface area contributed by atoms with Gasteiger partial charge in [-0.2, -0.15) is 0 Å². The lowest BCUT2D eigenvalue weighted by molar-refractivity contribution is -0.245. The molecule has 1 N–H and O–H groups in total. The standard InChI is InChI=1S/C29H26N4O5S/c1-32-17-30-31-29(32)39-16-22-14-25(19-11-9-18(15-34)10-12-19)38-28(37-22)20-5-4-6-21(13-20)33-26(35)23-7-2-3-8-24(23)27(33)36/h2-13,17,22,25,28,34H,14-16H2,1H3. The van der Waals surface area contributed by atoms with Gasteiger partial charge in [0.2, 0.25) is 0 Å². The number of imide groups is 1. The van der Waals surface area contributed by atoms with Gasteiger partial charge in [0.1, 0.15) is 6.33 Å². The van der Waals surface area contributed by atoms with Gasteiger partial charge in [-0.1, -0.05) is 60.3 Å². The number of aliphatic hydroxyl groups excluding tert-OH is 1. The first-order valence-corrected chi connectivity index (χ1v) is 13.6. The van der Waals surface area contributed by atoms with Gasteiger partial charge in [-0.05, 0) is 35.4 Å². The number of ether oxygens (including phenoxy) is 2. The number of rotatable bonds is 7. The second-order valence-electron chi connectivity index (χ2n) is 9.47. The molecule has 198 valence electrons. The molecule has 3 atom stereocenters. The first-order valence-electron chi connectivity index (χ1n) is 12.6. The summed E-state index contributed by atoms with van der Waals surface area (Å²) in [5.41, 5.74) is 3.76. The van der Waals surface area contributed by atoms with Crippen molar-refractivity contribution in [2.45, 2.75) is 36.7 Å². The van der Waals surface area contributed by atoms with Gasteiger partial charge in [0.25, 0.3) is 11.8 Å². The SMILES string of the molecule is Cn1cnnc1SCC1CC(c2ccc(CO)cc2)OC(c2cccc(N3C(=O)c4ccccc4C3=O)c2)O1. The van der Waals surface area contributed by atoms with Crippen LogP contribution in [0.4, 0.5) is 5.69 Å². The van der Waals surface area contributed by atoms with Crippen molar-refractivity contribution >= 4 is 29.3 Å². The molecule has 9 nitrogen and oxygen atoms in total. The lowest BCUT2D eigenvalue weighted by atomic mass is 10.0. The van der Waals surface area contributed by atoms with Crippen LogP contribution in [0.15, 0.2) is 84.3 Å². The number of carbonyl (C=O) groups excluding carboxylic acids is 2. The Hall–Kier alpha value is -3.83. The molecule has 0 spiro atoms. The first kappa shape index (κ1) is 25.4. The molecular weight excluding hydrogens is 516 g/mol. The van der Waals surface area contributed by atoms with Gasteiger partial charge in [0.15, 0.2) is 11.4 Å². The Bertz CT molecular complexity index is 1490. The monoisotopic (exact) mass is 542 g/mol. The maximum Gasteiger partial charge on any atom is 0.266 e. The average Bonchev–Trinajstić information content (AvgIpc) is 3.51. The zero-order chi connectivity index (χ0) is 26.9. The summed E-state index contributed by atoms with van der Waals surface area (Å²) < 4.78 is 14.7. The minimum absolute atomic E-state index is 0.0287. The third kappa shape index (κ3) is 4.99. The number of nitrogens with zero attached hydrogens (tertiary/aromatic N) is 4. The second kappa shape index (κ2) is 10.7. The van der Waals surface area contributed by atoms with Crippen LogP contribution in [0.2, 0.25) is 0 Å². The summed E-state index contributed by atoms with van der Waals surface area (Å²) in [6.07, 6.45) is 1.13. The average molecular weight is 543 g/mol. The van der Waals surface area contributed by atoms with Crippen LogP contribution in [0.5, 0.6) is 0 Å². The van der Waals surface area contributed by atoms with Crippen molar-refractivity contribution < 1.29 is 24.2 Å². The predicted molar refractivity (Wildman–Crippen MR) is 144 cm³/mol. The minimum Gasteiger partial charge on any atom is -0.392 e. The summed E-state index contributed by atoms with van der Waals surface area (Å²) in [6, 6.07) is 21.7. The minimum atomic E-state index is -0.721. The topological polar surface area (TPSA) is 107 Å². The summed E-state index contributed by atoms with van der Waals surface area (Å²) in [7, 11) is 1.90. The van der Waals surface area contributed by atoms with Gasteiger partial charge in [0, 0.05) is 24.8 Å². The van der Waals surface area contributed by atoms with Gasteiger partial charge in [0.05, 0.1) is 35.6 Å². The lowest BCUT2D eigenvalue weighted by Gasteiger charge is -2.36. The molecule has 2 aliphatic rings. The van der Waals surface area contributed by atoms with E-state index in [1.165, 1.54) is 4.90 Å². The van der Waals surface area contributed by atoms with Gasteiger partial charge in [-0.3, -0.25) is 9.59 Å². The van der Waals surface area contributed by atoms with Crippen LogP contribution in [-0.4, -0.2) is 43.5 Å².